The Morgan fingerprint density at radius 2 is 2.16 bits per heavy atom. The Morgan fingerprint density at radius 1 is 1.42 bits per heavy atom. The summed E-state index contributed by atoms with van der Waals surface area (Å²) in [5.74, 6) is -1.37. The highest BCUT2D eigenvalue weighted by atomic mass is 16.4. The lowest BCUT2D eigenvalue weighted by Gasteiger charge is -2.37. The van der Waals surface area contributed by atoms with Gasteiger partial charge in [0.05, 0.1) is 5.56 Å². The minimum atomic E-state index is -1.12. The second-order valence-electron chi connectivity index (χ2n) is 4.67. The summed E-state index contributed by atoms with van der Waals surface area (Å²) in [6.07, 6.45) is 4.56. The summed E-state index contributed by atoms with van der Waals surface area (Å²) in [7, 11) is 0. The first kappa shape index (κ1) is 13.6. The molecule has 1 aliphatic rings. The SMILES string of the molecule is O=C(O)c1coc(C(=O)N(CCCO)C2CCC2)c1. The summed E-state index contributed by atoms with van der Waals surface area (Å²) in [5.41, 5.74) is -0.0286. The van der Waals surface area contributed by atoms with E-state index in [1.807, 2.05) is 0 Å². The predicted molar refractivity (Wildman–Crippen MR) is 66.0 cm³/mol. The number of nitrogens with zero attached hydrogens (tertiary/aromatic N) is 1. The molecule has 19 heavy (non-hydrogen) atoms. The van der Waals surface area contributed by atoms with E-state index in [0.29, 0.717) is 13.0 Å². The number of hydrogen-bond acceptors (Lipinski definition) is 4. The smallest absolute Gasteiger partial charge is 0.338 e. The second kappa shape index (κ2) is 5.88. The van der Waals surface area contributed by atoms with Crippen molar-refractivity contribution in [2.75, 3.05) is 13.2 Å². The molecular weight excluding hydrogens is 250 g/mol. The molecule has 0 unspecified atom stereocenters. The van der Waals surface area contributed by atoms with Crippen LogP contribution in [-0.4, -0.2) is 46.2 Å². The number of carbonyl (C=O) groups excluding carboxylic acids is 1. The van der Waals surface area contributed by atoms with Gasteiger partial charge in [0.1, 0.15) is 6.26 Å². The molecule has 1 saturated carbocycles. The van der Waals surface area contributed by atoms with Gasteiger partial charge in [-0.15, -0.1) is 0 Å². The van der Waals surface area contributed by atoms with Crippen LogP contribution in [0.1, 0.15) is 46.6 Å². The molecule has 6 nitrogen and oxygen atoms in total. The van der Waals surface area contributed by atoms with Crippen molar-refractivity contribution < 1.29 is 24.2 Å². The maximum Gasteiger partial charge on any atom is 0.338 e. The third kappa shape index (κ3) is 2.96. The van der Waals surface area contributed by atoms with Crippen LogP contribution in [0.5, 0.6) is 0 Å². The van der Waals surface area contributed by atoms with Crippen LogP contribution in [0.3, 0.4) is 0 Å². The van der Waals surface area contributed by atoms with Crippen LogP contribution in [0.25, 0.3) is 0 Å². The third-order valence-electron chi connectivity index (χ3n) is 3.39. The van der Waals surface area contributed by atoms with Crippen molar-refractivity contribution in [1.82, 2.24) is 4.90 Å². The molecule has 0 bridgehead atoms. The van der Waals surface area contributed by atoms with Crippen LogP contribution in [0.2, 0.25) is 0 Å². The van der Waals surface area contributed by atoms with E-state index in [1.165, 1.54) is 6.07 Å². The van der Waals surface area contributed by atoms with E-state index in [2.05, 4.69) is 0 Å². The summed E-state index contributed by atoms with van der Waals surface area (Å²) in [4.78, 5) is 24.7. The summed E-state index contributed by atoms with van der Waals surface area (Å²) >= 11 is 0. The Labute approximate surface area is 110 Å². The first-order valence-electron chi connectivity index (χ1n) is 6.37. The topological polar surface area (TPSA) is 91.0 Å². The second-order valence-corrected chi connectivity index (χ2v) is 4.67. The molecule has 1 aromatic heterocycles. The van der Waals surface area contributed by atoms with Crippen LogP contribution in [0, 0.1) is 0 Å². The average Bonchev–Trinajstić information content (AvgIpc) is 2.80. The van der Waals surface area contributed by atoms with Crippen LogP contribution in [0.15, 0.2) is 16.7 Å². The molecule has 0 radical (unpaired) electrons. The fourth-order valence-electron chi connectivity index (χ4n) is 2.09. The molecule has 1 aliphatic carbocycles. The largest absolute Gasteiger partial charge is 0.478 e. The Bertz CT molecular complexity index is 463. The highest BCUT2D eigenvalue weighted by Crippen LogP contribution is 2.26. The molecule has 2 rings (SSSR count). The Kier molecular flexibility index (Phi) is 4.21. The molecule has 0 aromatic carbocycles. The van der Waals surface area contributed by atoms with Crippen molar-refractivity contribution in [3.8, 4) is 0 Å². The van der Waals surface area contributed by atoms with Crippen LogP contribution < -0.4 is 0 Å². The van der Waals surface area contributed by atoms with E-state index in [1.54, 1.807) is 4.90 Å². The van der Waals surface area contributed by atoms with Gasteiger partial charge in [-0.25, -0.2) is 4.79 Å². The van der Waals surface area contributed by atoms with E-state index >= 15 is 0 Å². The zero-order valence-corrected chi connectivity index (χ0v) is 10.5. The zero-order chi connectivity index (χ0) is 13.8. The molecule has 0 atom stereocenters. The van der Waals surface area contributed by atoms with Gasteiger partial charge in [-0.2, -0.15) is 0 Å². The van der Waals surface area contributed by atoms with Crippen LogP contribution in [-0.2, 0) is 0 Å². The minimum absolute atomic E-state index is 0.0228. The number of furan rings is 1. The highest BCUT2D eigenvalue weighted by molar-refractivity contribution is 5.95. The number of rotatable bonds is 6. The molecule has 2 N–H and O–H groups in total. The molecule has 6 heteroatoms. The lowest BCUT2D eigenvalue weighted by molar-refractivity contribution is 0.0530. The van der Waals surface area contributed by atoms with Crippen molar-refractivity contribution >= 4 is 11.9 Å². The van der Waals surface area contributed by atoms with Gasteiger partial charge in [0.15, 0.2) is 5.76 Å². The van der Waals surface area contributed by atoms with Gasteiger partial charge in [0, 0.05) is 25.3 Å². The highest BCUT2D eigenvalue weighted by Gasteiger charge is 2.30. The van der Waals surface area contributed by atoms with Gasteiger partial charge < -0.3 is 19.5 Å². The Morgan fingerprint density at radius 3 is 2.63 bits per heavy atom. The fraction of sp³-hybridized carbons (Fsp3) is 0.538. The molecular formula is C13H17NO5. The van der Waals surface area contributed by atoms with Crippen LogP contribution >= 0.6 is 0 Å². The average molecular weight is 267 g/mol. The van der Waals surface area contributed by atoms with Crippen LogP contribution in [0.4, 0.5) is 0 Å². The maximum atomic E-state index is 12.3. The summed E-state index contributed by atoms with van der Waals surface area (Å²) in [5, 5.41) is 17.7. The lowest BCUT2D eigenvalue weighted by Crippen LogP contribution is -2.44. The normalized spacial score (nSPS) is 15.0. The van der Waals surface area contributed by atoms with Gasteiger partial charge in [0.25, 0.3) is 5.91 Å². The van der Waals surface area contributed by atoms with E-state index in [0.717, 1.165) is 25.5 Å². The molecule has 0 spiro atoms. The number of carbonyl (C=O) groups is 2. The van der Waals surface area contributed by atoms with E-state index in [-0.39, 0.29) is 29.9 Å². The number of aliphatic hydroxyl groups is 1. The number of carboxylic acids is 1. The third-order valence-corrected chi connectivity index (χ3v) is 3.39. The van der Waals surface area contributed by atoms with E-state index < -0.39 is 5.97 Å². The molecule has 1 fully saturated rings. The van der Waals surface area contributed by atoms with Gasteiger partial charge in [-0.05, 0) is 25.7 Å². The summed E-state index contributed by atoms with van der Waals surface area (Å²) in [6.45, 7) is 0.484. The molecule has 104 valence electrons. The van der Waals surface area contributed by atoms with Gasteiger partial charge >= 0.3 is 5.97 Å². The quantitative estimate of drug-likeness (QED) is 0.812. The summed E-state index contributed by atoms with van der Waals surface area (Å²) in [6, 6.07) is 1.42. The van der Waals surface area contributed by atoms with Gasteiger partial charge in [-0.1, -0.05) is 0 Å². The molecule has 1 heterocycles. The number of amides is 1. The van der Waals surface area contributed by atoms with Crippen molar-refractivity contribution in [3.05, 3.63) is 23.7 Å². The standard InChI is InChI=1S/C13H17NO5/c15-6-2-5-14(10-3-1-4-10)12(16)11-7-9(8-19-11)13(17)18/h7-8,10,15H,1-6H2,(H,17,18). The fourth-order valence-corrected chi connectivity index (χ4v) is 2.09. The molecule has 0 aliphatic heterocycles. The molecule has 0 saturated heterocycles. The number of aliphatic hydroxyl groups excluding tert-OH is 1. The lowest BCUT2D eigenvalue weighted by atomic mass is 9.91. The Balaban J connectivity index is 2.10. The number of aromatic carboxylic acids is 1. The number of hydrogen-bond donors (Lipinski definition) is 2. The van der Waals surface area contributed by atoms with E-state index in [9.17, 15) is 9.59 Å². The van der Waals surface area contributed by atoms with Crippen molar-refractivity contribution in [3.63, 3.8) is 0 Å². The molecule has 1 aromatic rings. The number of carboxylic acid groups (broad SMARTS) is 1. The van der Waals surface area contributed by atoms with Gasteiger partial charge in [0.2, 0.25) is 0 Å². The summed E-state index contributed by atoms with van der Waals surface area (Å²) < 4.78 is 5.03. The van der Waals surface area contributed by atoms with Gasteiger partial charge in [-0.3, -0.25) is 4.79 Å². The predicted octanol–water partition coefficient (Wildman–Crippen LogP) is 1.35. The van der Waals surface area contributed by atoms with E-state index in [4.69, 9.17) is 14.6 Å². The first-order chi connectivity index (χ1) is 9.13. The van der Waals surface area contributed by atoms with Crippen molar-refractivity contribution in [2.24, 2.45) is 0 Å². The maximum absolute atomic E-state index is 12.3. The van der Waals surface area contributed by atoms with Crippen molar-refractivity contribution in [1.29, 1.82) is 0 Å². The minimum Gasteiger partial charge on any atom is -0.478 e. The Hall–Kier alpha value is -1.82. The van der Waals surface area contributed by atoms with Crippen molar-refractivity contribution in [2.45, 2.75) is 31.7 Å². The molecule has 1 amide bonds. The monoisotopic (exact) mass is 267 g/mol. The zero-order valence-electron chi connectivity index (χ0n) is 10.5. The first-order valence-corrected chi connectivity index (χ1v) is 6.37.